The van der Waals surface area contributed by atoms with Crippen LogP contribution < -0.4 is 14.8 Å². The lowest BCUT2D eigenvalue weighted by molar-refractivity contribution is -0.0991. The summed E-state index contributed by atoms with van der Waals surface area (Å²) in [5, 5.41) is 13.2. The van der Waals surface area contributed by atoms with E-state index in [0.717, 1.165) is 25.3 Å². The van der Waals surface area contributed by atoms with Gasteiger partial charge in [0.25, 0.3) is 0 Å². The van der Waals surface area contributed by atoms with E-state index in [4.69, 9.17) is 14.2 Å². The van der Waals surface area contributed by atoms with Gasteiger partial charge in [0.1, 0.15) is 0 Å². The Balaban J connectivity index is 1.99. The fourth-order valence-corrected chi connectivity index (χ4v) is 2.11. The number of hydrogen-bond acceptors (Lipinski definition) is 5. The highest BCUT2D eigenvalue weighted by atomic mass is 16.5. The molecular formula is C14H21NO4. The average molecular weight is 267 g/mol. The Morgan fingerprint density at radius 2 is 1.84 bits per heavy atom. The number of hydrogen-bond donors (Lipinski definition) is 2. The zero-order valence-corrected chi connectivity index (χ0v) is 11.7. The average Bonchev–Trinajstić information content (AvgIpc) is 2.38. The summed E-state index contributed by atoms with van der Waals surface area (Å²) in [4.78, 5) is 0. The highest BCUT2D eigenvalue weighted by Gasteiger charge is 2.32. The molecule has 1 aromatic rings. The van der Waals surface area contributed by atoms with Gasteiger partial charge in [0.2, 0.25) is 5.75 Å². The molecule has 1 aliphatic heterocycles. The minimum Gasteiger partial charge on any atom is -0.502 e. The van der Waals surface area contributed by atoms with Crippen LogP contribution in [0.25, 0.3) is 0 Å². The summed E-state index contributed by atoms with van der Waals surface area (Å²) in [6, 6.07) is 3.62. The molecule has 0 aromatic heterocycles. The first-order valence-electron chi connectivity index (χ1n) is 6.30. The summed E-state index contributed by atoms with van der Waals surface area (Å²) < 4.78 is 15.5. The molecule has 5 heteroatoms. The van der Waals surface area contributed by atoms with Crippen molar-refractivity contribution in [1.29, 1.82) is 0 Å². The Kier molecular flexibility index (Phi) is 4.17. The summed E-state index contributed by atoms with van der Waals surface area (Å²) >= 11 is 0. The maximum absolute atomic E-state index is 9.83. The summed E-state index contributed by atoms with van der Waals surface area (Å²) in [5.41, 5.74) is 1.25. The normalized spacial score (nSPS) is 16.8. The van der Waals surface area contributed by atoms with Crippen molar-refractivity contribution in [2.45, 2.75) is 13.5 Å². The van der Waals surface area contributed by atoms with Crippen molar-refractivity contribution in [3.8, 4) is 17.2 Å². The molecule has 0 radical (unpaired) electrons. The predicted molar refractivity (Wildman–Crippen MR) is 71.8 cm³/mol. The van der Waals surface area contributed by atoms with Crippen LogP contribution in [0.3, 0.4) is 0 Å². The summed E-state index contributed by atoms with van der Waals surface area (Å²) in [5.74, 6) is 0.886. The maximum atomic E-state index is 9.83. The fourth-order valence-electron chi connectivity index (χ4n) is 2.11. The molecular weight excluding hydrogens is 246 g/mol. The van der Waals surface area contributed by atoms with Crippen molar-refractivity contribution in [3.63, 3.8) is 0 Å². The van der Waals surface area contributed by atoms with Crippen LogP contribution in [0.5, 0.6) is 17.2 Å². The van der Waals surface area contributed by atoms with Crippen molar-refractivity contribution in [3.05, 3.63) is 17.7 Å². The lowest BCUT2D eigenvalue weighted by Crippen LogP contribution is -2.47. The Hall–Kier alpha value is -1.46. The molecule has 0 saturated carbocycles. The molecule has 1 aliphatic rings. The van der Waals surface area contributed by atoms with Gasteiger partial charge in [-0.15, -0.1) is 0 Å². The molecule has 0 atom stereocenters. The first kappa shape index (κ1) is 14.0. The minimum atomic E-state index is 0.0353. The second kappa shape index (κ2) is 5.67. The van der Waals surface area contributed by atoms with E-state index in [0.29, 0.717) is 18.0 Å². The van der Waals surface area contributed by atoms with Gasteiger partial charge >= 0.3 is 0 Å². The summed E-state index contributed by atoms with van der Waals surface area (Å²) in [6.07, 6.45) is 0. The van der Waals surface area contributed by atoms with E-state index in [1.54, 1.807) is 0 Å². The molecule has 1 fully saturated rings. The second-order valence-corrected chi connectivity index (χ2v) is 5.26. The number of methoxy groups -OCH3 is 2. The predicted octanol–water partition coefficient (Wildman–Crippen LogP) is 1.54. The third-order valence-electron chi connectivity index (χ3n) is 3.32. The van der Waals surface area contributed by atoms with Gasteiger partial charge in [0.15, 0.2) is 11.5 Å². The van der Waals surface area contributed by atoms with Gasteiger partial charge in [-0.2, -0.15) is 0 Å². The number of phenols is 1. The highest BCUT2D eigenvalue weighted by Crippen LogP contribution is 2.37. The summed E-state index contributed by atoms with van der Waals surface area (Å²) in [7, 11) is 3.05. The standard InChI is InChI=1S/C14H21NO4/c1-14(8-19-9-14)7-15-6-10-4-11(17-2)13(16)12(5-10)18-3/h4-5,15-16H,6-9H2,1-3H3. The molecule has 1 aromatic carbocycles. The lowest BCUT2D eigenvalue weighted by Gasteiger charge is -2.38. The van der Waals surface area contributed by atoms with E-state index in [9.17, 15) is 5.11 Å². The van der Waals surface area contributed by atoms with Crippen LogP contribution >= 0.6 is 0 Å². The number of benzene rings is 1. The van der Waals surface area contributed by atoms with E-state index in [2.05, 4.69) is 12.2 Å². The second-order valence-electron chi connectivity index (χ2n) is 5.26. The van der Waals surface area contributed by atoms with Crippen LogP contribution in [0.15, 0.2) is 12.1 Å². The zero-order valence-electron chi connectivity index (χ0n) is 11.7. The largest absolute Gasteiger partial charge is 0.502 e. The number of nitrogens with one attached hydrogen (secondary N) is 1. The quantitative estimate of drug-likeness (QED) is 0.818. The van der Waals surface area contributed by atoms with Crippen LogP contribution in [-0.2, 0) is 11.3 Å². The maximum Gasteiger partial charge on any atom is 0.200 e. The van der Waals surface area contributed by atoms with Crippen molar-refractivity contribution < 1.29 is 19.3 Å². The molecule has 0 bridgehead atoms. The molecule has 0 amide bonds. The van der Waals surface area contributed by atoms with Crippen LogP contribution in [-0.4, -0.2) is 39.1 Å². The number of ether oxygens (including phenoxy) is 3. The zero-order chi connectivity index (χ0) is 13.9. The summed E-state index contributed by atoms with van der Waals surface area (Å²) in [6.45, 7) is 5.41. The van der Waals surface area contributed by atoms with Crippen LogP contribution in [0.4, 0.5) is 0 Å². The smallest absolute Gasteiger partial charge is 0.200 e. The van der Waals surface area contributed by atoms with Gasteiger partial charge in [-0.3, -0.25) is 0 Å². The van der Waals surface area contributed by atoms with E-state index in [1.807, 2.05) is 12.1 Å². The van der Waals surface area contributed by atoms with Crippen LogP contribution in [0.1, 0.15) is 12.5 Å². The Morgan fingerprint density at radius 1 is 1.26 bits per heavy atom. The van der Waals surface area contributed by atoms with Gasteiger partial charge < -0.3 is 24.6 Å². The lowest BCUT2D eigenvalue weighted by atomic mass is 9.89. The molecule has 5 nitrogen and oxygen atoms in total. The molecule has 1 heterocycles. The molecule has 0 spiro atoms. The topological polar surface area (TPSA) is 60.0 Å². The van der Waals surface area contributed by atoms with Gasteiger partial charge in [0.05, 0.1) is 27.4 Å². The van der Waals surface area contributed by atoms with Crippen molar-refractivity contribution in [2.24, 2.45) is 5.41 Å². The van der Waals surface area contributed by atoms with Crippen molar-refractivity contribution in [2.75, 3.05) is 34.0 Å². The number of aromatic hydroxyl groups is 1. The molecule has 2 N–H and O–H groups in total. The third kappa shape index (κ3) is 3.11. The fraction of sp³-hybridized carbons (Fsp3) is 0.571. The number of rotatable bonds is 6. The Labute approximate surface area is 113 Å². The molecule has 1 saturated heterocycles. The molecule has 0 unspecified atom stereocenters. The molecule has 2 rings (SSSR count). The molecule has 0 aliphatic carbocycles. The monoisotopic (exact) mass is 267 g/mol. The van der Waals surface area contributed by atoms with E-state index >= 15 is 0 Å². The van der Waals surface area contributed by atoms with Crippen LogP contribution in [0, 0.1) is 5.41 Å². The first-order chi connectivity index (χ1) is 9.08. The highest BCUT2D eigenvalue weighted by molar-refractivity contribution is 5.52. The first-order valence-corrected chi connectivity index (χ1v) is 6.30. The van der Waals surface area contributed by atoms with Crippen LogP contribution in [0.2, 0.25) is 0 Å². The van der Waals surface area contributed by atoms with Gasteiger partial charge in [-0.1, -0.05) is 6.92 Å². The van der Waals surface area contributed by atoms with Gasteiger partial charge in [-0.05, 0) is 17.7 Å². The van der Waals surface area contributed by atoms with E-state index < -0.39 is 0 Å². The van der Waals surface area contributed by atoms with Gasteiger partial charge in [0, 0.05) is 18.5 Å². The minimum absolute atomic E-state index is 0.0353. The molecule has 19 heavy (non-hydrogen) atoms. The Morgan fingerprint density at radius 3 is 2.26 bits per heavy atom. The number of phenolic OH excluding ortho intramolecular Hbond substituents is 1. The molecule has 106 valence electrons. The van der Waals surface area contributed by atoms with Gasteiger partial charge in [-0.25, -0.2) is 0 Å². The van der Waals surface area contributed by atoms with Crippen molar-refractivity contribution >= 4 is 0 Å². The third-order valence-corrected chi connectivity index (χ3v) is 3.32. The van der Waals surface area contributed by atoms with E-state index in [-0.39, 0.29) is 11.2 Å². The Bertz CT molecular complexity index is 418. The van der Waals surface area contributed by atoms with E-state index in [1.165, 1.54) is 14.2 Å². The van der Waals surface area contributed by atoms with Crippen molar-refractivity contribution in [1.82, 2.24) is 5.32 Å². The SMILES string of the molecule is COc1cc(CNCC2(C)COC2)cc(OC)c1O.